The molecule has 1 unspecified atom stereocenters. The summed E-state index contributed by atoms with van der Waals surface area (Å²) in [6.07, 6.45) is 3.79. The van der Waals surface area contributed by atoms with Crippen LogP contribution in [0.25, 0.3) is 0 Å². The van der Waals surface area contributed by atoms with Crippen LogP contribution in [0.5, 0.6) is 0 Å². The molecule has 1 atom stereocenters. The highest BCUT2D eigenvalue weighted by molar-refractivity contribution is 7.89. The summed E-state index contributed by atoms with van der Waals surface area (Å²) in [5, 5.41) is 0. The standard InChI is InChI=1S/C16H19FN2O3S/c17-13-5-7-14(8-6-13)23(20,21)18-12-15(16-4-3-11-22-16)19-9-1-2-10-19/h3-8,11,15,18H,1-2,9-10,12H2. The lowest BCUT2D eigenvalue weighted by Crippen LogP contribution is -2.36. The van der Waals surface area contributed by atoms with Crippen LogP contribution in [-0.4, -0.2) is 33.0 Å². The lowest BCUT2D eigenvalue weighted by molar-refractivity contribution is 0.216. The number of nitrogens with zero attached hydrogens (tertiary/aromatic N) is 1. The third-order valence-corrected chi connectivity index (χ3v) is 5.48. The van der Waals surface area contributed by atoms with Gasteiger partial charge in [0.2, 0.25) is 10.0 Å². The van der Waals surface area contributed by atoms with Crippen LogP contribution in [0.1, 0.15) is 24.6 Å². The van der Waals surface area contributed by atoms with Gasteiger partial charge in [0.15, 0.2) is 0 Å². The first-order chi connectivity index (χ1) is 11.1. The monoisotopic (exact) mass is 338 g/mol. The summed E-state index contributed by atoms with van der Waals surface area (Å²) in [6.45, 7) is 2.06. The Labute approximate surface area is 135 Å². The number of hydrogen-bond acceptors (Lipinski definition) is 4. The summed E-state index contributed by atoms with van der Waals surface area (Å²) in [5.41, 5.74) is 0. The smallest absolute Gasteiger partial charge is 0.240 e. The van der Waals surface area contributed by atoms with Gasteiger partial charge in [0.05, 0.1) is 17.2 Å². The van der Waals surface area contributed by atoms with E-state index in [1.54, 1.807) is 12.3 Å². The van der Waals surface area contributed by atoms with Gasteiger partial charge < -0.3 is 4.42 Å². The second kappa shape index (κ2) is 6.82. The molecule has 0 spiro atoms. The molecule has 0 aliphatic carbocycles. The molecule has 0 bridgehead atoms. The summed E-state index contributed by atoms with van der Waals surface area (Å²) in [4.78, 5) is 2.27. The van der Waals surface area contributed by atoms with Gasteiger partial charge in [-0.2, -0.15) is 0 Å². The van der Waals surface area contributed by atoms with Crippen molar-refractivity contribution in [3.8, 4) is 0 Å². The Bertz CT molecular complexity index is 723. The second-order valence-corrected chi connectivity index (χ2v) is 7.35. The minimum atomic E-state index is -3.68. The second-order valence-electron chi connectivity index (χ2n) is 5.58. The first-order valence-electron chi connectivity index (χ1n) is 7.59. The van der Waals surface area contributed by atoms with E-state index in [1.807, 2.05) is 6.07 Å². The molecular formula is C16H19FN2O3S. The topological polar surface area (TPSA) is 62.6 Å². The zero-order chi connectivity index (χ0) is 16.3. The number of hydrogen-bond donors (Lipinski definition) is 1. The van der Waals surface area contributed by atoms with E-state index in [0.29, 0.717) is 0 Å². The molecule has 2 aromatic rings. The maximum atomic E-state index is 12.9. The number of rotatable bonds is 6. The third kappa shape index (κ3) is 3.80. The minimum Gasteiger partial charge on any atom is -0.468 e. The van der Waals surface area contributed by atoms with Crippen molar-refractivity contribution in [1.82, 2.24) is 9.62 Å². The molecular weight excluding hydrogens is 319 g/mol. The molecule has 7 heteroatoms. The quantitative estimate of drug-likeness (QED) is 0.879. The van der Waals surface area contributed by atoms with Gasteiger partial charge >= 0.3 is 0 Å². The Hall–Kier alpha value is -1.70. The summed E-state index contributed by atoms with van der Waals surface area (Å²) in [5.74, 6) is 0.281. The van der Waals surface area contributed by atoms with Gasteiger partial charge in [-0.25, -0.2) is 17.5 Å². The van der Waals surface area contributed by atoms with Crippen LogP contribution in [-0.2, 0) is 10.0 Å². The molecule has 0 saturated carbocycles. The van der Waals surface area contributed by atoms with Gasteiger partial charge in [0.25, 0.3) is 0 Å². The van der Waals surface area contributed by atoms with E-state index < -0.39 is 15.8 Å². The lowest BCUT2D eigenvalue weighted by atomic mass is 10.2. The number of nitrogens with one attached hydrogen (secondary N) is 1. The predicted octanol–water partition coefficient (Wildman–Crippen LogP) is 2.53. The summed E-state index contributed by atoms with van der Waals surface area (Å²) in [7, 11) is -3.68. The van der Waals surface area contributed by atoms with Gasteiger partial charge in [-0.3, -0.25) is 4.90 Å². The normalized spacial score (nSPS) is 17.4. The zero-order valence-electron chi connectivity index (χ0n) is 12.6. The van der Waals surface area contributed by atoms with Gasteiger partial charge in [-0.1, -0.05) is 0 Å². The van der Waals surface area contributed by atoms with Crippen LogP contribution < -0.4 is 4.72 Å². The number of furan rings is 1. The van der Waals surface area contributed by atoms with E-state index in [-0.39, 0.29) is 17.5 Å². The summed E-state index contributed by atoms with van der Waals surface area (Å²) < 4.78 is 45.7. The Morgan fingerprint density at radius 2 is 1.87 bits per heavy atom. The fraction of sp³-hybridized carbons (Fsp3) is 0.375. The number of likely N-dealkylation sites (tertiary alicyclic amines) is 1. The molecule has 1 aromatic carbocycles. The molecule has 1 N–H and O–H groups in total. The van der Waals surface area contributed by atoms with Gasteiger partial charge in [0.1, 0.15) is 11.6 Å². The minimum absolute atomic E-state index is 0.0542. The SMILES string of the molecule is O=S(=O)(NCC(c1ccco1)N1CCCC1)c1ccc(F)cc1. The molecule has 1 aliphatic heterocycles. The molecule has 5 nitrogen and oxygen atoms in total. The zero-order valence-corrected chi connectivity index (χ0v) is 13.4. The van der Waals surface area contributed by atoms with Crippen molar-refractivity contribution in [2.75, 3.05) is 19.6 Å². The molecule has 1 saturated heterocycles. The van der Waals surface area contributed by atoms with Crippen LogP contribution >= 0.6 is 0 Å². The van der Waals surface area contributed by atoms with E-state index in [4.69, 9.17) is 4.42 Å². The molecule has 0 amide bonds. The fourth-order valence-electron chi connectivity index (χ4n) is 2.83. The van der Waals surface area contributed by atoms with Crippen LogP contribution in [0.3, 0.4) is 0 Å². The van der Waals surface area contributed by atoms with Crippen molar-refractivity contribution in [1.29, 1.82) is 0 Å². The Morgan fingerprint density at radius 3 is 2.48 bits per heavy atom. The van der Waals surface area contributed by atoms with Crippen molar-refractivity contribution in [2.45, 2.75) is 23.8 Å². The molecule has 1 aromatic heterocycles. The maximum absolute atomic E-state index is 12.9. The Kier molecular flexibility index (Phi) is 4.79. The average molecular weight is 338 g/mol. The van der Waals surface area contributed by atoms with Crippen molar-refractivity contribution in [3.05, 3.63) is 54.2 Å². The van der Waals surface area contributed by atoms with Crippen molar-refractivity contribution >= 4 is 10.0 Å². The average Bonchev–Trinajstić information content (AvgIpc) is 3.21. The Morgan fingerprint density at radius 1 is 1.17 bits per heavy atom. The van der Waals surface area contributed by atoms with E-state index >= 15 is 0 Å². The first-order valence-corrected chi connectivity index (χ1v) is 9.07. The highest BCUT2D eigenvalue weighted by atomic mass is 32.2. The Balaban J connectivity index is 1.74. The van der Waals surface area contributed by atoms with Crippen LogP contribution in [0.2, 0.25) is 0 Å². The van der Waals surface area contributed by atoms with Crippen LogP contribution in [0.15, 0.2) is 52.0 Å². The highest BCUT2D eigenvalue weighted by Gasteiger charge is 2.27. The number of halogens is 1. The third-order valence-electron chi connectivity index (χ3n) is 4.04. The van der Waals surface area contributed by atoms with Crippen molar-refractivity contribution < 1.29 is 17.2 Å². The van der Waals surface area contributed by atoms with E-state index in [0.717, 1.165) is 43.8 Å². The van der Waals surface area contributed by atoms with Gasteiger partial charge in [-0.15, -0.1) is 0 Å². The number of sulfonamides is 1. The van der Waals surface area contributed by atoms with Crippen molar-refractivity contribution in [3.63, 3.8) is 0 Å². The fourth-order valence-corrected chi connectivity index (χ4v) is 3.87. The molecule has 23 heavy (non-hydrogen) atoms. The van der Waals surface area contributed by atoms with Gasteiger partial charge in [0, 0.05) is 6.54 Å². The van der Waals surface area contributed by atoms with E-state index in [2.05, 4.69) is 9.62 Å². The van der Waals surface area contributed by atoms with Crippen molar-refractivity contribution in [2.24, 2.45) is 0 Å². The van der Waals surface area contributed by atoms with Crippen LogP contribution in [0, 0.1) is 5.82 Å². The molecule has 3 rings (SSSR count). The number of benzene rings is 1. The highest BCUT2D eigenvalue weighted by Crippen LogP contribution is 2.25. The van der Waals surface area contributed by atoms with Gasteiger partial charge in [-0.05, 0) is 62.3 Å². The first kappa shape index (κ1) is 16.2. The van der Waals surface area contributed by atoms with Crippen LogP contribution in [0.4, 0.5) is 4.39 Å². The molecule has 0 radical (unpaired) electrons. The lowest BCUT2D eigenvalue weighted by Gasteiger charge is -2.25. The predicted molar refractivity (Wildman–Crippen MR) is 83.8 cm³/mol. The largest absolute Gasteiger partial charge is 0.468 e. The van der Waals surface area contributed by atoms with E-state index in [1.165, 1.54) is 12.1 Å². The molecule has 124 valence electrons. The summed E-state index contributed by atoms with van der Waals surface area (Å²) >= 11 is 0. The molecule has 2 heterocycles. The maximum Gasteiger partial charge on any atom is 0.240 e. The molecule has 1 aliphatic rings. The summed E-state index contributed by atoms with van der Waals surface area (Å²) in [6, 6.07) is 8.31. The van der Waals surface area contributed by atoms with E-state index in [9.17, 15) is 12.8 Å². The molecule has 1 fully saturated rings.